The summed E-state index contributed by atoms with van der Waals surface area (Å²) in [5.74, 6) is 3.63. The molecule has 4 rings (SSSR count). The van der Waals surface area contributed by atoms with Crippen molar-refractivity contribution in [1.29, 1.82) is 0 Å². The second-order valence-corrected chi connectivity index (χ2v) is 11.1. The van der Waals surface area contributed by atoms with Crippen LogP contribution in [0.2, 0.25) is 0 Å². The van der Waals surface area contributed by atoms with E-state index in [4.69, 9.17) is 9.47 Å². The molecule has 1 aromatic heterocycles. The van der Waals surface area contributed by atoms with Gasteiger partial charge in [0.2, 0.25) is 5.91 Å². The second-order valence-electron chi connectivity index (χ2n) is 10.1. The van der Waals surface area contributed by atoms with Crippen LogP contribution in [0.25, 0.3) is 5.69 Å². The zero-order chi connectivity index (χ0) is 24.0. The molecule has 1 amide bonds. The standard InChI is InChI=1S/C26H38N4O3S/c1-26(2)17-20(14-16-33-26)24(31)27-15-13-23-28-29-25(34-18-19-7-5-4-6-8-19)30(23)21-9-11-22(32-3)12-10-21/h9-12,19-20H,4-8,13-18H2,1-3H3,(H,27,31)/t20-/m0/s1. The molecule has 2 fully saturated rings. The van der Waals surface area contributed by atoms with Gasteiger partial charge in [-0.15, -0.1) is 10.2 Å². The predicted octanol–water partition coefficient (Wildman–Crippen LogP) is 4.81. The van der Waals surface area contributed by atoms with Crippen LogP contribution in [0.3, 0.4) is 0 Å². The van der Waals surface area contributed by atoms with Gasteiger partial charge in [-0.05, 0) is 69.7 Å². The van der Waals surface area contributed by atoms with Crippen LogP contribution in [0, 0.1) is 11.8 Å². The average Bonchev–Trinajstić information content (AvgIpc) is 3.25. The summed E-state index contributed by atoms with van der Waals surface area (Å²) >= 11 is 1.80. The summed E-state index contributed by atoms with van der Waals surface area (Å²) in [6.45, 7) is 5.28. The molecule has 2 aliphatic rings. The van der Waals surface area contributed by atoms with Gasteiger partial charge >= 0.3 is 0 Å². The Morgan fingerprint density at radius 2 is 1.94 bits per heavy atom. The van der Waals surface area contributed by atoms with Gasteiger partial charge in [0, 0.05) is 36.9 Å². The van der Waals surface area contributed by atoms with Crippen LogP contribution in [0.1, 0.15) is 64.6 Å². The highest BCUT2D eigenvalue weighted by Crippen LogP contribution is 2.31. The maximum Gasteiger partial charge on any atom is 0.223 e. The lowest BCUT2D eigenvalue weighted by molar-refractivity contribution is -0.135. The first-order valence-electron chi connectivity index (χ1n) is 12.6. The molecule has 1 atom stereocenters. The lowest BCUT2D eigenvalue weighted by Gasteiger charge is -2.34. The predicted molar refractivity (Wildman–Crippen MR) is 135 cm³/mol. The van der Waals surface area contributed by atoms with Gasteiger partial charge in [0.1, 0.15) is 11.6 Å². The lowest BCUT2D eigenvalue weighted by Crippen LogP contribution is -2.42. The minimum absolute atomic E-state index is 0.00446. The Labute approximate surface area is 207 Å². The molecule has 1 saturated heterocycles. The van der Waals surface area contributed by atoms with E-state index in [0.29, 0.717) is 19.6 Å². The monoisotopic (exact) mass is 486 g/mol. The van der Waals surface area contributed by atoms with Gasteiger partial charge in [0.05, 0.1) is 12.7 Å². The van der Waals surface area contributed by atoms with E-state index in [2.05, 4.69) is 33.9 Å². The Balaban J connectivity index is 1.42. The Bertz CT molecular complexity index is 938. The number of benzene rings is 1. The molecule has 34 heavy (non-hydrogen) atoms. The van der Waals surface area contributed by atoms with Crippen molar-refractivity contribution in [3.63, 3.8) is 0 Å². The molecule has 0 spiro atoms. The fraction of sp³-hybridized carbons (Fsp3) is 0.654. The molecule has 8 heteroatoms. The van der Waals surface area contributed by atoms with Gasteiger partial charge in [0.15, 0.2) is 5.16 Å². The van der Waals surface area contributed by atoms with Crippen LogP contribution >= 0.6 is 11.8 Å². The van der Waals surface area contributed by atoms with Crippen LogP contribution < -0.4 is 10.1 Å². The van der Waals surface area contributed by atoms with Crippen molar-refractivity contribution in [2.45, 2.75) is 76.0 Å². The topological polar surface area (TPSA) is 78.3 Å². The van der Waals surface area contributed by atoms with Gasteiger partial charge in [-0.2, -0.15) is 0 Å². The van der Waals surface area contributed by atoms with Crippen molar-refractivity contribution < 1.29 is 14.3 Å². The van der Waals surface area contributed by atoms with Gasteiger partial charge in [-0.3, -0.25) is 9.36 Å². The second kappa shape index (κ2) is 11.6. The fourth-order valence-corrected chi connectivity index (χ4v) is 6.15. The van der Waals surface area contributed by atoms with E-state index < -0.39 is 0 Å². The lowest BCUT2D eigenvalue weighted by atomic mass is 9.88. The van der Waals surface area contributed by atoms with E-state index in [1.165, 1.54) is 32.1 Å². The van der Waals surface area contributed by atoms with E-state index in [0.717, 1.165) is 46.9 Å². The summed E-state index contributed by atoms with van der Waals surface area (Å²) in [6, 6.07) is 8.00. The SMILES string of the molecule is COc1ccc(-n2c(CCNC(=O)[C@H]3CCOC(C)(C)C3)nnc2SCC2CCCCC2)cc1. The zero-order valence-electron chi connectivity index (χ0n) is 20.7. The van der Waals surface area contributed by atoms with E-state index >= 15 is 0 Å². The van der Waals surface area contributed by atoms with Crippen LogP contribution in [0.5, 0.6) is 5.75 Å². The van der Waals surface area contributed by atoms with Crippen LogP contribution in [0.15, 0.2) is 29.4 Å². The summed E-state index contributed by atoms with van der Waals surface area (Å²) < 4.78 is 13.2. The van der Waals surface area contributed by atoms with E-state index in [1.807, 2.05) is 24.3 Å². The smallest absolute Gasteiger partial charge is 0.223 e. The summed E-state index contributed by atoms with van der Waals surface area (Å²) in [5, 5.41) is 13.1. The number of rotatable bonds is 9. The Kier molecular flexibility index (Phi) is 8.53. The number of nitrogens with zero attached hydrogens (tertiary/aromatic N) is 3. The van der Waals surface area contributed by atoms with Crippen LogP contribution in [-0.4, -0.2) is 52.3 Å². The number of amides is 1. The highest BCUT2D eigenvalue weighted by atomic mass is 32.2. The van der Waals surface area contributed by atoms with Crippen molar-refractivity contribution in [2.24, 2.45) is 11.8 Å². The van der Waals surface area contributed by atoms with Gasteiger partial charge < -0.3 is 14.8 Å². The molecule has 2 heterocycles. The third kappa shape index (κ3) is 6.54. The average molecular weight is 487 g/mol. The number of methoxy groups -OCH3 is 1. The van der Waals surface area contributed by atoms with Gasteiger partial charge in [-0.25, -0.2) is 0 Å². The number of thioether (sulfide) groups is 1. The molecule has 1 N–H and O–H groups in total. The molecular formula is C26H38N4O3S. The third-order valence-corrected chi connectivity index (χ3v) is 8.08. The zero-order valence-corrected chi connectivity index (χ0v) is 21.5. The maximum absolute atomic E-state index is 12.8. The highest BCUT2D eigenvalue weighted by Gasteiger charge is 2.32. The van der Waals surface area contributed by atoms with E-state index in [1.54, 1.807) is 18.9 Å². The number of hydrogen-bond donors (Lipinski definition) is 1. The molecule has 186 valence electrons. The van der Waals surface area contributed by atoms with Crippen LogP contribution in [-0.2, 0) is 16.0 Å². The van der Waals surface area contributed by atoms with Gasteiger partial charge in [-0.1, -0.05) is 31.0 Å². The molecular weight excluding hydrogens is 448 g/mol. The Morgan fingerprint density at radius 3 is 2.65 bits per heavy atom. The minimum atomic E-state index is -0.237. The molecule has 1 aliphatic heterocycles. The minimum Gasteiger partial charge on any atom is -0.497 e. The molecule has 7 nitrogen and oxygen atoms in total. The maximum atomic E-state index is 12.8. The van der Waals surface area contributed by atoms with E-state index in [9.17, 15) is 4.79 Å². The van der Waals surface area contributed by atoms with Gasteiger partial charge in [0.25, 0.3) is 0 Å². The number of carbonyl (C=O) groups is 1. The van der Waals surface area contributed by atoms with Crippen molar-refractivity contribution in [3.8, 4) is 11.4 Å². The normalized spacial score (nSPS) is 20.7. The number of nitrogens with one attached hydrogen (secondary N) is 1. The van der Waals surface area contributed by atoms with Crippen molar-refractivity contribution in [3.05, 3.63) is 30.1 Å². The molecule has 0 bridgehead atoms. The summed E-state index contributed by atoms with van der Waals surface area (Å²) in [7, 11) is 1.67. The van der Waals surface area contributed by atoms with Crippen molar-refractivity contribution in [2.75, 3.05) is 26.0 Å². The summed E-state index contributed by atoms with van der Waals surface area (Å²) in [4.78, 5) is 12.8. The first-order chi connectivity index (χ1) is 16.4. The van der Waals surface area contributed by atoms with E-state index in [-0.39, 0.29) is 17.4 Å². The Morgan fingerprint density at radius 1 is 1.18 bits per heavy atom. The Hall–Kier alpha value is -2.06. The number of carbonyl (C=O) groups excluding carboxylic acids is 1. The fourth-order valence-electron chi connectivity index (χ4n) is 4.99. The molecule has 2 aromatic rings. The first kappa shape index (κ1) is 25.0. The molecule has 1 aromatic carbocycles. The summed E-state index contributed by atoms with van der Waals surface area (Å²) in [6.07, 6.45) is 8.82. The molecule has 0 radical (unpaired) electrons. The quantitative estimate of drug-likeness (QED) is 0.513. The largest absolute Gasteiger partial charge is 0.497 e. The number of ether oxygens (including phenoxy) is 2. The van der Waals surface area contributed by atoms with Crippen molar-refractivity contribution >= 4 is 17.7 Å². The molecule has 1 saturated carbocycles. The third-order valence-electron chi connectivity index (χ3n) is 6.92. The first-order valence-corrected chi connectivity index (χ1v) is 13.6. The van der Waals surface area contributed by atoms with Crippen molar-refractivity contribution in [1.82, 2.24) is 20.1 Å². The highest BCUT2D eigenvalue weighted by molar-refractivity contribution is 7.99. The molecule has 0 unspecified atom stereocenters. The summed E-state index contributed by atoms with van der Waals surface area (Å²) in [5.41, 5.74) is 0.781. The number of aromatic nitrogens is 3. The van der Waals surface area contributed by atoms with Crippen LogP contribution in [0.4, 0.5) is 0 Å². The number of hydrogen-bond acceptors (Lipinski definition) is 6. The molecule has 1 aliphatic carbocycles.